The van der Waals surface area contributed by atoms with E-state index in [1.54, 1.807) is 30.5 Å². The predicted octanol–water partition coefficient (Wildman–Crippen LogP) is 2.96. The molecule has 1 aromatic heterocycles. The van der Waals surface area contributed by atoms with Crippen molar-refractivity contribution < 1.29 is 12.6 Å². The molecular weight excluding hydrogens is 373 g/mol. The fourth-order valence-electron chi connectivity index (χ4n) is 3.33. The number of pyridine rings is 1. The van der Waals surface area contributed by atoms with Gasteiger partial charge in [0.15, 0.2) is 7.28 Å². The van der Waals surface area contributed by atoms with Crippen LogP contribution in [0.5, 0.6) is 0 Å². The third kappa shape index (κ3) is 6.63. The Bertz CT molecular complexity index is 976. The molecule has 2 aromatic carbocycles. The molecule has 3 aromatic rings. The van der Waals surface area contributed by atoms with Crippen LogP contribution in [0.3, 0.4) is 0 Å². The first-order valence-electron chi connectivity index (χ1n) is 10.9. The summed E-state index contributed by atoms with van der Waals surface area (Å²) in [5.74, 6) is 5.83. The Balaban J connectivity index is 1.69. The van der Waals surface area contributed by atoms with Gasteiger partial charge in [0, 0.05) is 27.5 Å². The van der Waals surface area contributed by atoms with E-state index in [-0.39, 0.29) is 12.5 Å². The van der Waals surface area contributed by atoms with E-state index in [0.29, 0.717) is 24.5 Å². The second-order valence-electron chi connectivity index (χ2n) is 7.18. The molecular formula is C24H27BN3O2. The second kappa shape index (κ2) is 11.4. The number of carbonyl (C=O) groups excluding carboxylic acids is 1. The number of hydrogen-bond donors (Lipinski definition) is 2. The van der Waals surface area contributed by atoms with Crippen LogP contribution in [0.4, 0.5) is 0 Å². The van der Waals surface area contributed by atoms with Crippen LogP contribution in [0.15, 0.2) is 79.0 Å². The van der Waals surface area contributed by atoms with E-state index in [0.717, 1.165) is 21.8 Å². The van der Waals surface area contributed by atoms with Crippen molar-refractivity contribution >= 4 is 13.5 Å². The average Bonchev–Trinajstić information content (AvgIpc) is 2.83. The SMILES string of the molecule is [2H]C([2H])(c1ccc(-c2ccccn2)cc1)N(N)C[C@H](O)[C@@H](C[B]C=O)Cc1ccccc1. The molecule has 0 saturated carbocycles. The van der Waals surface area contributed by atoms with Crippen molar-refractivity contribution in [1.29, 1.82) is 0 Å². The maximum Gasteiger partial charge on any atom is 0.198 e. The largest absolute Gasteiger partial charge is 0.391 e. The van der Waals surface area contributed by atoms with Gasteiger partial charge in [-0.1, -0.05) is 67.0 Å². The molecule has 1 radical (unpaired) electrons. The van der Waals surface area contributed by atoms with Gasteiger partial charge >= 0.3 is 0 Å². The van der Waals surface area contributed by atoms with Crippen LogP contribution in [0.2, 0.25) is 6.32 Å². The van der Waals surface area contributed by atoms with E-state index < -0.39 is 12.6 Å². The Morgan fingerprint density at radius 2 is 1.80 bits per heavy atom. The first-order chi connectivity index (χ1) is 15.4. The van der Waals surface area contributed by atoms with Gasteiger partial charge in [0.25, 0.3) is 0 Å². The molecule has 0 aliphatic heterocycles. The van der Waals surface area contributed by atoms with Gasteiger partial charge in [-0.15, -0.1) is 0 Å². The molecule has 5 nitrogen and oxygen atoms in total. The summed E-state index contributed by atoms with van der Waals surface area (Å²) in [5, 5.41) is 11.9. The minimum absolute atomic E-state index is 0.0841. The number of rotatable bonds is 11. The number of nitrogens with two attached hydrogens (primary N) is 1. The average molecular weight is 402 g/mol. The second-order valence-corrected chi connectivity index (χ2v) is 7.18. The number of hydrazine groups is 1. The smallest absolute Gasteiger partial charge is 0.198 e. The topological polar surface area (TPSA) is 79.5 Å². The van der Waals surface area contributed by atoms with Gasteiger partial charge in [-0.25, -0.2) is 5.01 Å². The summed E-state index contributed by atoms with van der Waals surface area (Å²) < 4.78 is 17.0. The van der Waals surface area contributed by atoms with Crippen molar-refractivity contribution in [3.05, 3.63) is 90.1 Å². The highest BCUT2D eigenvalue weighted by molar-refractivity contribution is 6.66. The number of aromatic nitrogens is 1. The van der Waals surface area contributed by atoms with Gasteiger partial charge in [0.2, 0.25) is 0 Å². The van der Waals surface area contributed by atoms with Crippen LogP contribution in [-0.2, 0) is 17.7 Å². The van der Waals surface area contributed by atoms with Gasteiger partial charge in [-0.2, -0.15) is 0 Å². The summed E-state index contributed by atoms with van der Waals surface area (Å²) in [5.41, 5.74) is 3.09. The summed E-state index contributed by atoms with van der Waals surface area (Å²) in [6.45, 7) is -2.07. The fourth-order valence-corrected chi connectivity index (χ4v) is 3.33. The lowest BCUT2D eigenvalue weighted by Gasteiger charge is -2.27. The molecule has 0 unspecified atom stereocenters. The first-order valence-corrected chi connectivity index (χ1v) is 9.95. The fraction of sp³-hybridized carbons (Fsp3) is 0.250. The minimum atomic E-state index is -1.99. The van der Waals surface area contributed by atoms with Gasteiger partial charge in [0.05, 0.1) is 18.0 Å². The number of benzene rings is 2. The third-order valence-corrected chi connectivity index (χ3v) is 4.92. The number of nitrogens with zero attached hydrogens (tertiary/aromatic N) is 2. The molecule has 0 spiro atoms. The summed E-state index contributed by atoms with van der Waals surface area (Å²) in [4.78, 5) is 15.1. The maximum absolute atomic E-state index is 10.8. The molecule has 0 amide bonds. The van der Waals surface area contributed by atoms with Crippen molar-refractivity contribution in [3.63, 3.8) is 0 Å². The Kier molecular flexibility index (Phi) is 7.29. The third-order valence-electron chi connectivity index (χ3n) is 4.92. The Morgan fingerprint density at radius 1 is 1.07 bits per heavy atom. The molecule has 1 heterocycles. The summed E-state index contributed by atoms with van der Waals surface area (Å²) in [7, 11) is 1.47. The zero-order valence-electron chi connectivity index (χ0n) is 18.8. The van der Waals surface area contributed by atoms with E-state index >= 15 is 0 Å². The molecule has 2 atom stereocenters. The van der Waals surface area contributed by atoms with Crippen LogP contribution in [0, 0.1) is 5.92 Å². The Labute approximate surface area is 181 Å². The van der Waals surface area contributed by atoms with E-state index in [9.17, 15) is 9.90 Å². The lowest BCUT2D eigenvalue weighted by molar-refractivity contribution is 0.0671. The molecule has 0 aliphatic rings. The molecule has 0 aliphatic carbocycles. The summed E-state index contributed by atoms with van der Waals surface area (Å²) in [6, 6.07) is 22.3. The molecule has 6 heteroatoms. The number of hydrogen-bond acceptors (Lipinski definition) is 5. The molecule has 0 saturated heterocycles. The standard InChI is InChI=1S/C24H27BN3O2/c26-28(16-20-9-11-21(12-10-20)23-8-4-5-13-27-23)17-24(30)22(15-25-18-29)14-19-6-2-1-3-7-19/h1-13,18,22,24,30H,14-17,26H2/t22-,24+/m1/s1/i16D2. The molecule has 30 heavy (non-hydrogen) atoms. The minimum Gasteiger partial charge on any atom is -0.391 e. The van der Waals surface area contributed by atoms with Crippen LogP contribution in [0.1, 0.15) is 13.9 Å². The quantitative estimate of drug-likeness (QED) is 0.223. The zero-order valence-corrected chi connectivity index (χ0v) is 16.8. The summed E-state index contributed by atoms with van der Waals surface area (Å²) in [6.07, 6.45) is 2.45. The van der Waals surface area contributed by atoms with Gasteiger partial charge in [0.1, 0.15) is 0 Å². The Hall–Kier alpha value is -2.80. The monoisotopic (exact) mass is 402 g/mol. The Morgan fingerprint density at radius 3 is 2.47 bits per heavy atom. The van der Waals surface area contributed by atoms with E-state index in [1.807, 2.05) is 48.5 Å². The first kappa shape index (κ1) is 19.2. The van der Waals surface area contributed by atoms with Gasteiger partial charge in [-0.05, 0) is 35.6 Å². The van der Waals surface area contributed by atoms with Crippen LogP contribution in [-0.4, -0.2) is 41.2 Å². The number of aliphatic hydroxyl groups is 1. The maximum atomic E-state index is 10.8. The normalized spacial score (nSPS) is 14.5. The highest BCUT2D eigenvalue weighted by Gasteiger charge is 2.21. The van der Waals surface area contributed by atoms with Crippen molar-refractivity contribution in [2.24, 2.45) is 11.8 Å². The molecule has 0 bridgehead atoms. The molecule has 0 fully saturated rings. The van der Waals surface area contributed by atoms with Crippen molar-refractivity contribution in [1.82, 2.24) is 9.99 Å². The number of aliphatic hydroxyl groups excluding tert-OH is 1. The highest BCUT2D eigenvalue weighted by Crippen LogP contribution is 2.19. The summed E-state index contributed by atoms with van der Waals surface area (Å²) >= 11 is 0. The predicted molar refractivity (Wildman–Crippen MR) is 121 cm³/mol. The highest BCUT2D eigenvalue weighted by atomic mass is 16.3. The molecule has 153 valence electrons. The van der Waals surface area contributed by atoms with E-state index in [2.05, 4.69) is 4.98 Å². The van der Waals surface area contributed by atoms with Crippen molar-refractivity contribution in [2.45, 2.75) is 25.3 Å². The van der Waals surface area contributed by atoms with E-state index in [4.69, 9.17) is 8.58 Å². The van der Waals surface area contributed by atoms with Crippen LogP contribution in [0.25, 0.3) is 11.3 Å². The van der Waals surface area contributed by atoms with Gasteiger partial charge < -0.3 is 9.90 Å². The lowest BCUT2D eigenvalue weighted by Crippen LogP contribution is -2.41. The van der Waals surface area contributed by atoms with Crippen molar-refractivity contribution in [3.8, 4) is 11.3 Å². The molecule has 3 rings (SSSR count). The lowest BCUT2D eigenvalue weighted by atomic mass is 9.68. The molecule has 3 N–H and O–H groups in total. The van der Waals surface area contributed by atoms with Crippen molar-refractivity contribution in [2.75, 3.05) is 6.54 Å². The van der Waals surface area contributed by atoms with Crippen LogP contribution < -0.4 is 5.84 Å². The van der Waals surface area contributed by atoms with E-state index in [1.165, 1.54) is 7.28 Å². The van der Waals surface area contributed by atoms with Gasteiger partial charge in [-0.3, -0.25) is 10.8 Å². The zero-order chi connectivity index (χ0) is 23.0. The number of carbonyl (C=O) groups is 1. The van der Waals surface area contributed by atoms with Crippen LogP contribution >= 0.6 is 0 Å².